The molecule has 0 atom stereocenters. The van der Waals surface area contributed by atoms with E-state index in [1.54, 1.807) is 0 Å². The van der Waals surface area contributed by atoms with Crippen LogP contribution in [-0.4, -0.2) is 0 Å². The number of hydrogen-bond donors (Lipinski definition) is 0. The maximum absolute atomic E-state index is 13.3. The van der Waals surface area contributed by atoms with Crippen molar-refractivity contribution in [2.45, 2.75) is 38.3 Å². The molecule has 2 rings (SSSR count). The van der Waals surface area contributed by atoms with Crippen LogP contribution in [0, 0.1) is 0 Å². The van der Waals surface area contributed by atoms with Crippen molar-refractivity contribution in [3.8, 4) is 11.1 Å². The van der Waals surface area contributed by atoms with Gasteiger partial charge in [0.05, 0.1) is 16.7 Å². The van der Waals surface area contributed by atoms with E-state index in [0.29, 0.717) is 18.2 Å². The van der Waals surface area contributed by atoms with Crippen molar-refractivity contribution >= 4 is 0 Å². The van der Waals surface area contributed by atoms with Crippen LogP contribution in [0.3, 0.4) is 0 Å². The van der Waals surface area contributed by atoms with E-state index >= 15 is 0 Å². The molecule has 0 saturated heterocycles. The minimum atomic E-state index is -5.17. The van der Waals surface area contributed by atoms with Gasteiger partial charge in [-0.25, -0.2) is 0 Å². The highest BCUT2D eigenvalue weighted by Crippen LogP contribution is 2.43. The highest BCUT2D eigenvalue weighted by Gasteiger charge is 2.39. The predicted octanol–water partition coefficient (Wildman–Crippen LogP) is 7.53. The number of halogens is 9. The Morgan fingerprint density at radius 2 is 1.19 bits per heavy atom. The molecular formula is C18H13F9. The van der Waals surface area contributed by atoms with Crippen LogP contribution in [0.5, 0.6) is 0 Å². The van der Waals surface area contributed by atoms with Crippen molar-refractivity contribution in [1.29, 1.82) is 0 Å². The average molecular weight is 400 g/mol. The summed E-state index contributed by atoms with van der Waals surface area (Å²) in [6.07, 6.45) is -15.0. The second-order valence-electron chi connectivity index (χ2n) is 6.21. The lowest BCUT2D eigenvalue weighted by molar-refractivity contribution is -0.142. The zero-order chi connectivity index (χ0) is 20.8. The van der Waals surface area contributed by atoms with Crippen LogP contribution < -0.4 is 0 Å². The fourth-order valence-electron chi connectivity index (χ4n) is 2.68. The summed E-state index contributed by atoms with van der Waals surface area (Å²) in [5.41, 5.74) is -5.64. The second-order valence-corrected chi connectivity index (χ2v) is 6.21. The van der Waals surface area contributed by atoms with Crippen molar-refractivity contribution in [2.75, 3.05) is 0 Å². The van der Waals surface area contributed by atoms with Crippen LogP contribution in [0.25, 0.3) is 11.1 Å². The van der Waals surface area contributed by atoms with E-state index in [1.165, 1.54) is 13.8 Å². The first-order valence-electron chi connectivity index (χ1n) is 7.62. The molecule has 148 valence electrons. The van der Waals surface area contributed by atoms with E-state index in [9.17, 15) is 39.5 Å². The maximum atomic E-state index is 13.3. The Bertz CT molecular complexity index is 824. The van der Waals surface area contributed by atoms with Crippen molar-refractivity contribution in [2.24, 2.45) is 0 Å². The Balaban J connectivity index is 2.75. The van der Waals surface area contributed by atoms with Crippen LogP contribution in [0.2, 0.25) is 0 Å². The van der Waals surface area contributed by atoms with E-state index in [1.807, 2.05) is 0 Å². The lowest BCUT2D eigenvalue weighted by Crippen LogP contribution is -2.13. The summed E-state index contributed by atoms with van der Waals surface area (Å²) in [6, 6.07) is 3.47. The molecule has 0 aliphatic rings. The molecule has 9 heteroatoms. The van der Waals surface area contributed by atoms with Crippen molar-refractivity contribution < 1.29 is 39.5 Å². The predicted molar refractivity (Wildman–Crippen MR) is 81.0 cm³/mol. The van der Waals surface area contributed by atoms with Gasteiger partial charge in [0.2, 0.25) is 0 Å². The summed E-state index contributed by atoms with van der Waals surface area (Å²) >= 11 is 0. The largest absolute Gasteiger partial charge is 0.417 e. The molecule has 2 aromatic rings. The van der Waals surface area contributed by atoms with Gasteiger partial charge in [0.1, 0.15) is 0 Å². The van der Waals surface area contributed by atoms with E-state index in [2.05, 4.69) is 0 Å². The normalized spacial score (nSPS) is 13.3. The molecule has 2 aromatic carbocycles. The fraction of sp³-hybridized carbons (Fsp3) is 0.333. The van der Waals surface area contributed by atoms with Crippen LogP contribution >= 0.6 is 0 Å². The Labute approximate surface area is 148 Å². The maximum Gasteiger partial charge on any atom is 0.417 e. The molecule has 0 amide bonds. The monoisotopic (exact) mass is 400 g/mol. The number of rotatable bonds is 2. The summed E-state index contributed by atoms with van der Waals surface area (Å²) in [7, 11) is 0. The molecule has 0 nitrogen and oxygen atoms in total. The Kier molecular flexibility index (Phi) is 5.29. The summed E-state index contributed by atoms with van der Waals surface area (Å²) in [5.74, 6) is -0.551. The Morgan fingerprint density at radius 1 is 0.630 bits per heavy atom. The van der Waals surface area contributed by atoms with Crippen molar-refractivity contribution in [1.82, 2.24) is 0 Å². The Hall–Kier alpha value is -2.19. The minimum absolute atomic E-state index is 0.0983. The van der Waals surface area contributed by atoms with Gasteiger partial charge in [0.15, 0.2) is 0 Å². The van der Waals surface area contributed by atoms with E-state index in [4.69, 9.17) is 0 Å². The van der Waals surface area contributed by atoms with E-state index < -0.39 is 52.3 Å². The smallest absolute Gasteiger partial charge is 0.166 e. The van der Waals surface area contributed by atoms with Gasteiger partial charge in [0.25, 0.3) is 0 Å². The van der Waals surface area contributed by atoms with Crippen molar-refractivity contribution in [3.05, 3.63) is 58.7 Å². The van der Waals surface area contributed by atoms with E-state index in [-0.39, 0.29) is 11.6 Å². The summed E-state index contributed by atoms with van der Waals surface area (Å²) in [6.45, 7) is 2.98. The quantitative estimate of drug-likeness (QED) is 0.457. The van der Waals surface area contributed by atoms with Crippen molar-refractivity contribution in [3.63, 3.8) is 0 Å². The molecule has 0 heterocycles. The molecule has 0 aliphatic carbocycles. The molecule has 0 saturated carbocycles. The lowest BCUT2D eigenvalue weighted by Gasteiger charge is -2.19. The summed E-state index contributed by atoms with van der Waals surface area (Å²) < 4.78 is 118. The Morgan fingerprint density at radius 3 is 1.63 bits per heavy atom. The van der Waals surface area contributed by atoms with Gasteiger partial charge < -0.3 is 0 Å². The fourth-order valence-corrected chi connectivity index (χ4v) is 2.68. The highest BCUT2D eigenvalue weighted by molar-refractivity contribution is 5.70. The number of benzene rings is 2. The van der Waals surface area contributed by atoms with Crippen LogP contribution in [-0.2, 0) is 18.5 Å². The molecule has 0 bridgehead atoms. The van der Waals surface area contributed by atoms with Gasteiger partial charge in [-0.05, 0) is 40.8 Å². The first kappa shape index (κ1) is 21.1. The molecular weight excluding hydrogens is 387 g/mol. The molecule has 27 heavy (non-hydrogen) atoms. The third kappa shape index (κ3) is 4.56. The minimum Gasteiger partial charge on any atom is -0.166 e. The van der Waals surface area contributed by atoms with Crippen LogP contribution in [0.4, 0.5) is 39.5 Å². The SMILES string of the molecule is CC(C)c1ccc(-c2ccc(C(F)(F)F)cc2C(F)(F)F)cc1C(F)(F)F. The van der Waals surface area contributed by atoms with Gasteiger partial charge >= 0.3 is 18.5 Å². The highest BCUT2D eigenvalue weighted by atomic mass is 19.4. The third-order valence-electron chi connectivity index (χ3n) is 3.94. The van der Waals surface area contributed by atoms with Gasteiger partial charge in [-0.1, -0.05) is 32.0 Å². The number of alkyl halides is 9. The molecule has 0 aliphatic heterocycles. The number of hydrogen-bond acceptors (Lipinski definition) is 0. The molecule has 0 unspecified atom stereocenters. The van der Waals surface area contributed by atoms with E-state index in [0.717, 1.165) is 12.1 Å². The molecule has 0 aromatic heterocycles. The molecule has 0 spiro atoms. The summed E-state index contributed by atoms with van der Waals surface area (Å²) in [5, 5.41) is 0. The molecule has 0 fully saturated rings. The van der Waals surface area contributed by atoms with Gasteiger partial charge in [-0.3, -0.25) is 0 Å². The first-order chi connectivity index (χ1) is 12.1. The molecule has 0 radical (unpaired) electrons. The lowest BCUT2D eigenvalue weighted by atomic mass is 9.90. The van der Waals surface area contributed by atoms with Crippen LogP contribution in [0.15, 0.2) is 36.4 Å². The second kappa shape index (κ2) is 6.76. The molecule has 0 N–H and O–H groups in total. The van der Waals surface area contributed by atoms with Gasteiger partial charge in [-0.2, -0.15) is 39.5 Å². The van der Waals surface area contributed by atoms with Gasteiger partial charge in [0, 0.05) is 0 Å². The van der Waals surface area contributed by atoms with Crippen LogP contribution in [0.1, 0.15) is 42.0 Å². The standard InChI is InChI=1S/C18H13F9/c1-9(2)12-5-3-10(7-14(12)17(22,23)24)13-6-4-11(16(19,20)21)8-15(13)18(25,26)27/h3-9H,1-2H3. The third-order valence-corrected chi connectivity index (χ3v) is 3.94. The zero-order valence-corrected chi connectivity index (χ0v) is 13.9. The first-order valence-corrected chi connectivity index (χ1v) is 7.62. The van der Waals surface area contributed by atoms with Gasteiger partial charge in [-0.15, -0.1) is 0 Å². The topological polar surface area (TPSA) is 0 Å². The summed E-state index contributed by atoms with van der Waals surface area (Å²) in [4.78, 5) is 0. The average Bonchev–Trinajstić information content (AvgIpc) is 2.51. The zero-order valence-electron chi connectivity index (χ0n) is 13.9.